The Morgan fingerprint density at radius 3 is 3.14 bits per heavy atom. The molecule has 0 aromatic rings. The van der Waals surface area contributed by atoms with Crippen LogP contribution in [-0.2, 0) is 4.74 Å². The Bertz CT molecular complexity index is 296. The van der Waals surface area contributed by atoms with Gasteiger partial charge in [-0.2, -0.15) is 0 Å². The van der Waals surface area contributed by atoms with Gasteiger partial charge in [0.1, 0.15) is 12.8 Å². The maximum Gasteiger partial charge on any atom is 0.151 e. The van der Waals surface area contributed by atoms with Crippen LogP contribution in [0.4, 0.5) is 0 Å². The number of hydrogen-bond donors (Lipinski definition) is 1. The van der Waals surface area contributed by atoms with Gasteiger partial charge in [0, 0.05) is 12.4 Å². The first-order chi connectivity index (χ1) is 6.79. The quantitative estimate of drug-likeness (QED) is 0.651. The zero-order chi connectivity index (χ0) is 9.97. The van der Waals surface area contributed by atoms with Crippen molar-refractivity contribution in [3.63, 3.8) is 0 Å². The normalized spacial score (nSPS) is 31.0. The van der Waals surface area contributed by atoms with Crippen molar-refractivity contribution in [1.29, 1.82) is 0 Å². The highest BCUT2D eigenvalue weighted by Gasteiger charge is 2.23. The lowest BCUT2D eigenvalue weighted by atomic mass is 10.3. The highest BCUT2D eigenvalue weighted by Crippen LogP contribution is 2.17. The molecule has 14 heavy (non-hydrogen) atoms. The summed E-state index contributed by atoms with van der Waals surface area (Å²) in [6.45, 7) is 2.65. The number of aliphatic imine (C=N–C) groups is 1. The zero-order valence-corrected chi connectivity index (χ0v) is 8.13. The zero-order valence-electron chi connectivity index (χ0n) is 8.13. The minimum absolute atomic E-state index is 0.0345. The highest BCUT2D eigenvalue weighted by molar-refractivity contribution is 5.78. The minimum Gasteiger partial charge on any atom is -0.393 e. The molecule has 0 saturated carbocycles. The summed E-state index contributed by atoms with van der Waals surface area (Å²) < 4.78 is 5.54. The van der Waals surface area contributed by atoms with E-state index in [2.05, 4.69) is 4.99 Å². The molecule has 4 heteroatoms. The van der Waals surface area contributed by atoms with Crippen molar-refractivity contribution in [2.24, 2.45) is 4.99 Å². The van der Waals surface area contributed by atoms with Crippen molar-refractivity contribution >= 4 is 6.21 Å². The summed E-state index contributed by atoms with van der Waals surface area (Å²) in [5.74, 6) is 0. The van der Waals surface area contributed by atoms with Gasteiger partial charge in [0.05, 0.1) is 6.61 Å². The lowest BCUT2D eigenvalue weighted by Gasteiger charge is -2.27. The van der Waals surface area contributed by atoms with Gasteiger partial charge in [-0.15, -0.1) is 0 Å². The van der Waals surface area contributed by atoms with Crippen LogP contribution in [0, 0.1) is 0 Å². The summed E-state index contributed by atoms with van der Waals surface area (Å²) in [6.07, 6.45) is 7.44. The van der Waals surface area contributed by atoms with E-state index in [1.807, 2.05) is 36.4 Å². The Balaban J connectivity index is 1.98. The van der Waals surface area contributed by atoms with Crippen molar-refractivity contribution in [2.75, 3.05) is 13.3 Å². The van der Waals surface area contributed by atoms with Gasteiger partial charge in [0.15, 0.2) is 6.23 Å². The van der Waals surface area contributed by atoms with E-state index in [-0.39, 0.29) is 18.9 Å². The standard InChI is InChI=1S/C10H14N2O2/c1-8-4-11-7-12(5-8)10-3-2-9(6-13)14-10/h2-5,9-10,13H,6-7H2,1H3/t9-,10+/m0/s1. The molecule has 4 nitrogen and oxygen atoms in total. The summed E-state index contributed by atoms with van der Waals surface area (Å²) in [5, 5.41) is 8.89. The fourth-order valence-electron chi connectivity index (χ4n) is 1.55. The number of hydrogen-bond acceptors (Lipinski definition) is 4. The molecule has 76 valence electrons. The van der Waals surface area contributed by atoms with Crippen LogP contribution in [0.3, 0.4) is 0 Å². The molecule has 0 aromatic carbocycles. The number of aliphatic hydroxyl groups is 1. The first-order valence-electron chi connectivity index (χ1n) is 4.68. The van der Waals surface area contributed by atoms with Gasteiger partial charge in [0.25, 0.3) is 0 Å². The minimum atomic E-state index is -0.167. The molecule has 1 N–H and O–H groups in total. The van der Waals surface area contributed by atoms with Crippen LogP contribution in [0.2, 0.25) is 0 Å². The summed E-state index contributed by atoms with van der Waals surface area (Å²) >= 11 is 0. The van der Waals surface area contributed by atoms with Crippen LogP contribution >= 0.6 is 0 Å². The monoisotopic (exact) mass is 194 g/mol. The maximum atomic E-state index is 8.89. The fourth-order valence-corrected chi connectivity index (χ4v) is 1.55. The highest BCUT2D eigenvalue weighted by atomic mass is 16.5. The first kappa shape index (κ1) is 9.43. The average molecular weight is 194 g/mol. The predicted octanol–water partition coefficient (Wildman–Crippen LogP) is 0.508. The molecule has 0 fully saturated rings. The van der Waals surface area contributed by atoms with Crippen molar-refractivity contribution in [1.82, 2.24) is 4.90 Å². The number of allylic oxidation sites excluding steroid dienone is 1. The molecule has 2 heterocycles. The Kier molecular flexibility index (Phi) is 2.65. The molecule has 0 amide bonds. The molecule has 0 spiro atoms. The van der Waals surface area contributed by atoms with Crippen molar-refractivity contribution in [3.8, 4) is 0 Å². The van der Waals surface area contributed by atoms with Gasteiger partial charge in [-0.1, -0.05) is 6.08 Å². The summed E-state index contributed by atoms with van der Waals surface area (Å²) in [7, 11) is 0. The second-order valence-corrected chi connectivity index (χ2v) is 3.47. The van der Waals surface area contributed by atoms with Crippen LogP contribution in [0.15, 0.2) is 28.9 Å². The largest absolute Gasteiger partial charge is 0.393 e. The second kappa shape index (κ2) is 3.94. The number of ether oxygens (including phenoxy) is 1. The maximum absolute atomic E-state index is 8.89. The van der Waals surface area contributed by atoms with Gasteiger partial charge in [-0.25, -0.2) is 0 Å². The lowest BCUT2D eigenvalue weighted by molar-refractivity contribution is -0.0359. The van der Waals surface area contributed by atoms with Crippen LogP contribution in [0.25, 0.3) is 0 Å². The van der Waals surface area contributed by atoms with Gasteiger partial charge in [-0.3, -0.25) is 4.99 Å². The Hall–Kier alpha value is -1.13. The van der Waals surface area contributed by atoms with E-state index in [1.165, 1.54) is 0 Å². The molecule has 0 bridgehead atoms. The topological polar surface area (TPSA) is 45.1 Å². The molecule has 0 radical (unpaired) electrons. The van der Waals surface area contributed by atoms with E-state index in [4.69, 9.17) is 9.84 Å². The van der Waals surface area contributed by atoms with E-state index in [0.717, 1.165) is 5.57 Å². The fraction of sp³-hybridized carbons (Fsp3) is 0.500. The number of aliphatic hydroxyl groups excluding tert-OH is 1. The van der Waals surface area contributed by atoms with E-state index in [1.54, 1.807) is 0 Å². The molecule has 0 saturated heterocycles. The Morgan fingerprint density at radius 2 is 2.50 bits per heavy atom. The van der Waals surface area contributed by atoms with Gasteiger partial charge < -0.3 is 14.7 Å². The number of nitrogens with zero attached hydrogens (tertiary/aromatic N) is 2. The van der Waals surface area contributed by atoms with Crippen LogP contribution in [0.1, 0.15) is 6.92 Å². The van der Waals surface area contributed by atoms with E-state index >= 15 is 0 Å². The summed E-state index contributed by atoms with van der Waals surface area (Å²) in [6, 6.07) is 0. The molecule has 2 atom stereocenters. The molecular weight excluding hydrogens is 180 g/mol. The summed E-state index contributed by atoms with van der Waals surface area (Å²) in [5.41, 5.74) is 1.11. The molecule has 0 aliphatic carbocycles. The lowest BCUT2D eigenvalue weighted by Crippen LogP contribution is -2.33. The molecule has 0 aromatic heterocycles. The molecule has 2 aliphatic heterocycles. The molecule has 2 rings (SSSR count). The van der Waals surface area contributed by atoms with Gasteiger partial charge >= 0.3 is 0 Å². The first-order valence-corrected chi connectivity index (χ1v) is 4.68. The van der Waals surface area contributed by atoms with Gasteiger partial charge in [0.2, 0.25) is 0 Å². The smallest absolute Gasteiger partial charge is 0.151 e. The van der Waals surface area contributed by atoms with Crippen LogP contribution in [0.5, 0.6) is 0 Å². The predicted molar refractivity (Wildman–Crippen MR) is 53.8 cm³/mol. The SMILES string of the molecule is CC1=CN([C@H]2C=C[C@@H](CO)O2)CN=C1. The second-order valence-electron chi connectivity index (χ2n) is 3.47. The average Bonchev–Trinajstić information content (AvgIpc) is 2.66. The van der Waals surface area contributed by atoms with Crippen LogP contribution in [-0.4, -0.2) is 41.8 Å². The van der Waals surface area contributed by atoms with E-state index in [0.29, 0.717) is 6.67 Å². The summed E-state index contributed by atoms with van der Waals surface area (Å²) in [4.78, 5) is 6.19. The van der Waals surface area contributed by atoms with E-state index in [9.17, 15) is 0 Å². The van der Waals surface area contributed by atoms with Crippen LogP contribution < -0.4 is 0 Å². The molecule has 2 aliphatic rings. The molecular formula is C10H14N2O2. The van der Waals surface area contributed by atoms with Crippen molar-refractivity contribution < 1.29 is 9.84 Å². The Morgan fingerprint density at radius 1 is 1.64 bits per heavy atom. The van der Waals surface area contributed by atoms with Crippen molar-refractivity contribution in [2.45, 2.75) is 19.3 Å². The third kappa shape index (κ3) is 1.86. The number of rotatable bonds is 2. The van der Waals surface area contributed by atoms with E-state index < -0.39 is 0 Å². The third-order valence-corrected chi connectivity index (χ3v) is 2.22. The Labute approximate surface area is 83.2 Å². The third-order valence-electron chi connectivity index (χ3n) is 2.22. The van der Waals surface area contributed by atoms with Crippen molar-refractivity contribution in [3.05, 3.63) is 23.9 Å². The molecule has 0 unspecified atom stereocenters. The van der Waals surface area contributed by atoms with Gasteiger partial charge in [-0.05, 0) is 18.6 Å².